The molecular weight excluding hydrogens is 139 g/mol. The summed E-state index contributed by atoms with van der Waals surface area (Å²) in [6.45, 7) is 0. The highest BCUT2D eigenvalue weighted by molar-refractivity contribution is 6.04. The fourth-order valence-corrected chi connectivity index (χ4v) is 0.757. The molecule has 1 atom stereocenters. The maximum atomic E-state index is 12.2. The van der Waals surface area contributed by atoms with Crippen LogP contribution in [0.3, 0.4) is 0 Å². The number of rotatable bonds is 1. The molecule has 54 valence electrons. The van der Waals surface area contributed by atoms with Gasteiger partial charge in [0.15, 0.2) is 12.0 Å². The average molecular weight is 143 g/mol. The summed E-state index contributed by atoms with van der Waals surface area (Å²) >= 11 is 0. The molecule has 0 aromatic rings. The van der Waals surface area contributed by atoms with Gasteiger partial charge in [-0.3, -0.25) is 4.79 Å². The first-order valence-corrected chi connectivity index (χ1v) is 2.71. The molecule has 1 aliphatic rings. The van der Waals surface area contributed by atoms with E-state index in [-0.39, 0.29) is 12.0 Å². The summed E-state index contributed by atoms with van der Waals surface area (Å²) in [6, 6.07) is 0. The smallest absolute Gasteiger partial charge is 0.190 e. The molecular formula is C6H4FO3-. The highest BCUT2D eigenvalue weighted by Gasteiger charge is 2.24. The van der Waals surface area contributed by atoms with Gasteiger partial charge < -0.3 is 9.90 Å². The molecule has 0 radical (unpaired) electrons. The van der Waals surface area contributed by atoms with Gasteiger partial charge in [-0.15, -0.1) is 0 Å². The van der Waals surface area contributed by atoms with Crippen LogP contribution in [0.1, 0.15) is 6.42 Å². The molecule has 1 aliphatic carbocycles. The van der Waals surface area contributed by atoms with Crippen molar-refractivity contribution in [3.8, 4) is 0 Å². The van der Waals surface area contributed by atoms with Gasteiger partial charge in [-0.05, 0) is 11.6 Å². The minimum Gasteiger partial charge on any atom is -0.545 e. The van der Waals surface area contributed by atoms with E-state index in [1.54, 1.807) is 0 Å². The van der Waals surface area contributed by atoms with Crippen molar-refractivity contribution in [1.29, 1.82) is 0 Å². The second-order valence-electron chi connectivity index (χ2n) is 2.03. The Hall–Kier alpha value is -1.19. The van der Waals surface area contributed by atoms with E-state index in [1.807, 2.05) is 0 Å². The Morgan fingerprint density at radius 1 is 1.80 bits per heavy atom. The average Bonchev–Trinajstić information content (AvgIpc) is 2.13. The molecule has 3 nitrogen and oxygen atoms in total. The standard InChI is InChI=1S/C6H5FO3/c7-4-1-3(6(9)10)2-5(4)8/h2,4H,1H2,(H,9,10)/p-1. The topological polar surface area (TPSA) is 57.2 Å². The van der Waals surface area contributed by atoms with E-state index < -0.39 is 17.9 Å². The summed E-state index contributed by atoms with van der Waals surface area (Å²) in [5.41, 5.74) is -0.252. The Kier molecular flexibility index (Phi) is 1.53. The van der Waals surface area contributed by atoms with Gasteiger partial charge in [0, 0.05) is 6.42 Å². The van der Waals surface area contributed by atoms with E-state index in [1.165, 1.54) is 0 Å². The fraction of sp³-hybridized carbons (Fsp3) is 0.333. The second kappa shape index (κ2) is 2.21. The number of carboxylic acid groups (broad SMARTS) is 1. The Morgan fingerprint density at radius 2 is 2.40 bits per heavy atom. The maximum Gasteiger partial charge on any atom is 0.190 e. The van der Waals surface area contributed by atoms with E-state index in [0.29, 0.717) is 0 Å². The third kappa shape index (κ3) is 1.05. The van der Waals surface area contributed by atoms with Crippen molar-refractivity contribution in [1.82, 2.24) is 0 Å². The largest absolute Gasteiger partial charge is 0.545 e. The normalized spacial score (nSPS) is 24.7. The van der Waals surface area contributed by atoms with Crippen molar-refractivity contribution >= 4 is 11.8 Å². The number of carbonyl (C=O) groups excluding carboxylic acids is 2. The summed E-state index contributed by atoms with van der Waals surface area (Å²) in [5.74, 6) is -2.24. The molecule has 0 N–H and O–H groups in total. The Balaban J connectivity index is 2.77. The lowest BCUT2D eigenvalue weighted by Crippen LogP contribution is -2.24. The second-order valence-corrected chi connectivity index (χ2v) is 2.03. The van der Waals surface area contributed by atoms with Crippen LogP contribution in [0.25, 0.3) is 0 Å². The van der Waals surface area contributed by atoms with E-state index in [9.17, 15) is 19.1 Å². The predicted octanol–water partition coefficient (Wildman–Crippen LogP) is -1.03. The van der Waals surface area contributed by atoms with Crippen LogP contribution < -0.4 is 5.11 Å². The fourth-order valence-electron chi connectivity index (χ4n) is 0.757. The number of hydrogen-bond acceptors (Lipinski definition) is 3. The van der Waals surface area contributed by atoms with Gasteiger partial charge in [-0.2, -0.15) is 0 Å². The zero-order valence-electron chi connectivity index (χ0n) is 4.96. The summed E-state index contributed by atoms with van der Waals surface area (Å²) < 4.78 is 12.2. The van der Waals surface area contributed by atoms with Gasteiger partial charge in [-0.1, -0.05) is 0 Å². The summed E-state index contributed by atoms with van der Waals surface area (Å²) in [5, 5.41) is 9.99. The number of ketones is 1. The van der Waals surface area contributed by atoms with Crippen LogP contribution in [0, 0.1) is 0 Å². The number of allylic oxidation sites excluding steroid dienone is 1. The lowest BCUT2D eigenvalue weighted by atomic mass is 10.2. The zero-order chi connectivity index (χ0) is 7.72. The number of carboxylic acids is 1. The number of halogens is 1. The monoisotopic (exact) mass is 143 g/mol. The molecule has 0 saturated carbocycles. The van der Waals surface area contributed by atoms with Crippen LogP contribution in [0.2, 0.25) is 0 Å². The van der Waals surface area contributed by atoms with Gasteiger partial charge in [0.05, 0.1) is 5.97 Å². The molecule has 0 spiro atoms. The number of carbonyl (C=O) groups is 2. The maximum absolute atomic E-state index is 12.2. The molecule has 0 aromatic carbocycles. The lowest BCUT2D eigenvalue weighted by molar-refractivity contribution is -0.299. The van der Waals surface area contributed by atoms with E-state index in [0.717, 1.165) is 6.08 Å². The molecule has 4 heteroatoms. The summed E-state index contributed by atoms with van der Waals surface area (Å²) in [6.07, 6.45) is -1.24. The molecule has 0 amide bonds. The van der Waals surface area contributed by atoms with Gasteiger partial charge in [0.2, 0.25) is 0 Å². The number of hydrogen-bond donors (Lipinski definition) is 0. The van der Waals surface area contributed by atoms with Gasteiger partial charge >= 0.3 is 0 Å². The van der Waals surface area contributed by atoms with E-state index in [4.69, 9.17) is 0 Å². The molecule has 10 heavy (non-hydrogen) atoms. The molecule has 1 unspecified atom stereocenters. The van der Waals surface area contributed by atoms with Crippen molar-refractivity contribution in [3.05, 3.63) is 11.6 Å². The van der Waals surface area contributed by atoms with Crippen LogP contribution >= 0.6 is 0 Å². The first-order chi connectivity index (χ1) is 4.61. The molecule has 1 rings (SSSR count). The van der Waals surface area contributed by atoms with Crippen molar-refractivity contribution in [2.75, 3.05) is 0 Å². The molecule has 0 heterocycles. The third-order valence-electron chi connectivity index (χ3n) is 1.29. The predicted molar refractivity (Wildman–Crippen MR) is 27.6 cm³/mol. The molecule has 0 bridgehead atoms. The van der Waals surface area contributed by atoms with E-state index in [2.05, 4.69) is 0 Å². The van der Waals surface area contributed by atoms with Crippen LogP contribution in [0.15, 0.2) is 11.6 Å². The van der Waals surface area contributed by atoms with Crippen molar-refractivity contribution in [2.24, 2.45) is 0 Å². The van der Waals surface area contributed by atoms with Crippen molar-refractivity contribution in [3.63, 3.8) is 0 Å². The number of aliphatic carboxylic acids is 1. The van der Waals surface area contributed by atoms with Crippen molar-refractivity contribution < 1.29 is 19.1 Å². The first-order valence-electron chi connectivity index (χ1n) is 2.71. The van der Waals surface area contributed by atoms with Gasteiger partial charge in [-0.25, -0.2) is 4.39 Å². The Labute approximate surface area is 56.2 Å². The lowest BCUT2D eigenvalue weighted by Gasteiger charge is -1.99. The van der Waals surface area contributed by atoms with Crippen LogP contribution in [0.5, 0.6) is 0 Å². The van der Waals surface area contributed by atoms with Crippen LogP contribution in [-0.4, -0.2) is 17.9 Å². The van der Waals surface area contributed by atoms with Gasteiger partial charge in [0.25, 0.3) is 0 Å². The Morgan fingerprint density at radius 3 is 2.60 bits per heavy atom. The highest BCUT2D eigenvalue weighted by atomic mass is 19.1. The molecule has 0 fully saturated rings. The summed E-state index contributed by atoms with van der Waals surface area (Å²) in [4.78, 5) is 20.3. The van der Waals surface area contributed by atoms with Crippen LogP contribution in [0.4, 0.5) is 4.39 Å². The summed E-state index contributed by atoms with van der Waals surface area (Å²) in [7, 11) is 0. The highest BCUT2D eigenvalue weighted by Crippen LogP contribution is 2.17. The van der Waals surface area contributed by atoms with Crippen molar-refractivity contribution in [2.45, 2.75) is 12.6 Å². The minimum atomic E-state index is -1.67. The third-order valence-corrected chi connectivity index (χ3v) is 1.29. The molecule has 0 saturated heterocycles. The Bertz CT molecular complexity index is 219. The molecule has 0 aliphatic heterocycles. The zero-order valence-corrected chi connectivity index (χ0v) is 4.96. The van der Waals surface area contributed by atoms with E-state index >= 15 is 0 Å². The SMILES string of the molecule is O=C([O-])C1=CC(=O)C(F)C1. The number of alkyl halides is 1. The molecule has 0 aromatic heterocycles. The quantitative estimate of drug-likeness (QED) is 0.471. The first kappa shape index (κ1) is 6.92. The minimum absolute atomic E-state index is 0.252. The van der Waals surface area contributed by atoms with Crippen LogP contribution in [-0.2, 0) is 9.59 Å². The van der Waals surface area contributed by atoms with Gasteiger partial charge in [0.1, 0.15) is 0 Å².